The van der Waals surface area contributed by atoms with E-state index in [0.717, 1.165) is 20.0 Å². The lowest BCUT2D eigenvalue weighted by molar-refractivity contribution is 0.101. The van der Waals surface area contributed by atoms with Crippen LogP contribution in [-0.4, -0.2) is 10.8 Å². The van der Waals surface area contributed by atoms with E-state index < -0.39 is 0 Å². The number of Topliss-reactive ketones (excluding diaryl/α,β-unsaturated/α-hetero) is 1. The molecule has 2 nitrogen and oxygen atoms in total. The number of aromatic amines is 1. The molecule has 0 amide bonds. The molecule has 1 N–H and O–H groups in total. The molecule has 0 aliphatic heterocycles. The van der Waals surface area contributed by atoms with Gasteiger partial charge >= 0.3 is 0 Å². The number of hydrogen-bond donors (Lipinski definition) is 1. The molecule has 0 atom stereocenters. The topological polar surface area (TPSA) is 32.9 Å². The molecule has 2 aromatic rings. The van der Waals surface area contributed by atoms with Gasteiger partial charge in [-0.25, -0.2) is 0 Å². The van der Waals surface area contributed by atoms with Crippen LogP contribution >= 0.6 is 34.2 Å². The van der Waals surface area contributed by atoms with Crippen molar-refractivity contribution in [2.24, 2.45) is 0 Å². The number of aromatic nitrogens is 1. The smallest absolute Gasteiger partial charge is 0.176 e. The summed E-state index contributed by atoms with van der Waals surface area (Å²) >= 11 is 8.19. The van der Waals surface area contributed by atoms with Gasteiger partial charge in [0.2, 0.25) is 0 Å². The number of carbonyl (C=O) groups is 1. The molecule has 1 aromatic carbocycles. The fraction of sp³-hybridized carbons (Fsp3) is 0.182. The van der Waals surface area contributed by atoms with Crippen molar-refractivity contribution in [2.75, 3.05) is 0 Å². The largest absolute Gasteiger partial charge is 0.351 e. The van der Waals surface area contributed by atoms with Gasteiger partial charge in [0, 0.05) is 20.9 Å². The molecule has 2 rings (SSSR count). The first kappa shape index (κ1) is 11.0. The van der Waals surface area contributed by atoms with Gasteiger partial charge in [-0.15, -0.1) is 0 Å². The van der Waals surface area contributed by atoms with Crippen molar-refractivity contribution in [3.05, 3.63) is 32.0 Å². The number of rotatable bonds is 1. The SMILES string of the molecule is CC(=O)c1[nH]c2c(I)cc(Cl)cc2c1C. The molecule has 1 heterocycles. The molecule has 0 radical (unpaired) electrons. The Hall–Kier alpha value is -0.550. The number of fused-ring (bicyclic) bond motifs is 1. The van der Waals surface area contributed by atoms with Gasteiger partial charge < -0.3 is 4.98 Å². The molecule has 0 aliphatic carbocycles. The Bertz CT molecular complexity index is 559. The minimum absolute atomic E-state index is 0.0515. The van der Waals surface area contributed by atoms with Crippen LogP contribution in [0.2, 0.25) is 5.02 Å². The first-order chi connectivity index (χ1) is 7.00. The second-order valence-electron chi connectivity index (χ2n) is 3.49. The van der Waals surface area contributed by atoms with Crippen LogP contribution < -0.4 is 0 Å². The second-order valence-corrected chi connectivity index (χ2v) is 5.09. The number of benzene rings is 1. The van der Waals surface area contributed by atoms with Gasteiger partial charge in [0.25, 0.3) is 0 Å². The summed E-state index contributed by atoms with van der Waals surface area (Å²) in [5.74, 6) is 0.0515. The fourth-order valence-electron chi connectivity index (χ4n) is 1.70. The van der Waals surface area contributed by atoms with Crippen molar-refractivity contribution in [3.8, 4) is 0 Å². The van der Waals surface area contributed by atoms with Gasteiger partial charge in [-0.3, -0.25) is 4.79 Å². The summed E-state index contributed by atoms with van der Waals surface area (Å²) in [7, 11) is 0. The average molecular weight is 334 g/mol. The standard InChI is InChI=1S/C11H9ClINO/c1-5-8-3-7(12)4-9(13)11(8)14-10(5)6(2)15/h3-4,14H,1-2H3. The van der Waals surface area contributed by atoms with Crippen LogP contribution in [0.25, 0.3) is 10.9 Å². The lowest BCUT2D eigenvalue weighted by atomic mass is 10.1. The zero-order valence-electron chi connectivity index (χ0n) is 8.32. The Labute approximate surface area is 106 Å². The molecule has 0 bridgehead atoms. The van der Waals surface area contributed by atoms with Crippen molar-refractivity contribution in [2.45, 2.75) is 13.8 Å². The van der Waals surface area contributed by atoms with Gasteiger partial charge in [0.1, 0.15) is 0 Å². The predicted molar refractivity (Wildman–Crippen MR) is 70.8 cm³/mol. The highest BCUT2D eigenvalue weighted by molar-refractivity contribution is 14.1. The Balaban J connectivity index is 2.88. The molecule has 0 saturated heterocycles. The Kier molecular flexibility index (Phi) is 2.77. The number of halogens is 2. The minimum atomic E-state index is 0.0515. The molecule has 0 spiro atoms. The molecule has 0 unspecified atom stereocenters. The molecule has 0 saturated carbocycles. The summed E-state index contributed by atoms with van der Waals surface area (Å²) < 4.78 is 1.03. The lowest BCUT2D eigenvalue weighted by Crippen LogP contribution is -1.93. The van der Waals surface area contributed by atoms with E-state index in [2.05, 4.69) is 27.6 Å². The third kappa shape index (κ3) is 1.78. The van der Waals surface area contributed by atoms with E-state index in [1.807, 2.05) is 19.1 Å². The number of ketones is 1. The van der Waals surface area contributed by atoms with E-state index in [1.165, 1.54) is 0 Å². The maximum absolute atomic E-state index is 11.4. The van der Waals surface area contributed by atoms with Crippen LogP contribution in [0, 0.1) is 10.5 Å². The summed E-state index contributed by atoms with van der Waals surface area (Å²) in [5.41, 5.74) is 2.63. The van der Waals surface area contributed by atoms with Gasteiger partial charge in [-0.1, -0.05) is 11.6 Å². The number of hydrogen-bond acceptors (Lipinski definition) is 1. The highest BCUT2D eigenvalue weighted by Crippen LogP contribution is 2.29. The summed E-state index contributed by atoms with van der Waals surface area (Å²) in [5, 5.41) is 1.72. The highest BCUT2D eigenvalue weighted by Gasteiger charge is 2.13. The van der Waals surface area contributed by atoms with E-state index in [9.17, 15) is 4.79 Å². The Morgan fingerprint density at radius 2 is 2.13 bits per heavy atom. The van der Waals surface area contributed by atoms with Gasteiger partial charge in [0.15, 0.2) is 5.78 Å². The number of aryl methyl sites for hydroxylation is 1. The van der Waals surface area contributed by atoms with Crippen LogP contribution in [0.3, 0.4) is 0 Å². The number of nitrogens with one attached hydrogen (secondary N) is 1. The Morgan fingerprint density at radius 1 is 1.47 bits per heavy atom. The maximum atomic E-state index is 11.4. The third-order valence-corrected chi connectivity index (χ3v) is 3.51. The van der Waals surface area contributed by atoms with Gasteiger partial charge in [0.05, 0.1) is 11.2 Å². The van der Waals surface area contributed by atoms with E-state index in [1.54, 1.807) is 6.92 Å². The van der Waals surface area contributed by atoms with Gasteiger partial charge in [-0.2, -0.15) is 0 Å². The van der Waals surface area contributed by atoms with Crippen molar-refractivity contribution < 1.29 is 4.79 Å². The number of H-pyrrole nitrogens is 1. The molecule has 0 fully saturated rings. The third-order valence-electron chi connectivity index (χ3n) is 2.44. The monoisotopic (exact) mass is 333 g/mol. The molecule has 0 aliphatic rings. The zero-order valence-corrected chi connectivity index (χ0v) is 11.2. The minimum Gasteiger partial charge on any atom is -0.351 e. The fourth-order valence-corrected chi connectivity index (χ4v) is 2.87. The van der Waals surface area contributed by atoms with Crippen molar-refractivity contribution in [3.63, 3.8) is 0 Å². The average Bonchev–Trinajstić information content (AvgIpc) is 2.44. The van der Waals surface area contributed by atoms with Crippen LogP contribution in [0.15, 0.2) is 12.1 Å². The lowest BCUT2D eigenvalue weighted by Gasteiger charge is -1.96. The molecule has 78 valence electrons. The maximum Gasteiger partial charge on any atom is 0.176 e. The summed E-state index contributed by atoms with van der Waals surface area (Å²) in [4.78, 5) is 14.5. The first-order valence-corrected chi connectivity index (χ1v) is 5.94. The van der Waals surface area contributed by atoms with E-state index in [0.29, 0.717) is 10.7 Å². The normalized spacial score (nSPS) is 10.9. The van der Waals surface area contributed by atoms with E-state index in [4.69, 9.17) is 11.6 Å². The number of carbonyl (C=O) groups excluding carboxylic acids is 1. The second kappa shape index (κ2) is 3.79. The predicted octanol–water partition coefficient (Wildman–Crippen LogP) is 3.94. The highest BCUT2D eigenvalue weighted by atomic mass is 127. The Morgan fingerprint density at radius 3 is 2.73 bits per heavy atom. The molecule has 1 aromatic heterocycles. The van der Waals surface area contributed by atoms with Crippen molar-refractivity contribution in [1.29, 1.82) is 0 Å². The molecule has 4 heteroatoms. The zero-order chi connectivity index (χ0) is 11.2. The summed E-state index contributed by atoms with van der Waals surface area (Å²) in [6, 6.07) is 3.77. The van der Waals surface area contributed by atoms with Crippen molar-refractivity contribution in [1.82, 2.24) is 4.98 Å². The van der Waals surface area contributed by atoms with E-state index in [-0.39, 0.29) is 5.78 Å². The molecule has 15 heavy (non-hydrogen) atoms. The quantitative estimate of drug-likeness (QED) is 0.622. The van der Waals surface area contributed by atoms with Crippen LogP contribution in [0.1, 0.15) is 23.0 Å². The first-order valence-electron chi connectivity index (χ1n) is 4.49. The van der Waals surface area contributed by atoms with Crippen LogP contribution in [0.5, 0.6) is 0 Å². The van der Waals surface area contributed by atoms with Crippen molar-refractivity contribution >= 4 is 50.9 Å². The summed E-state index contributed by atoms with van der Waals surface area (Å²) in [6.07, 6.45) is 0. The van der Waals surface area contributed by atoms with E-state index >= 15 is 0 Å². The van der Waals surface area contributed by atoms with Crippen LogP contribution in [0.4, 0.5) is 0 Å². The summed E-state index contributed by atoms with van der Waals surface area (Å²) in [6.45, 7) is 3.49. The molecular formula is C11H9ClINO. The van der Waals surface area contributed by atoms with Crippen LogP contribution in [-0.2, 0) is 0 Å². The molecular weight excluding hydrogens is 324 g/mol. The van der Waals surface area contributed by atoms with Gasteiger partial charge in [-0.05, 0) is 47.2 Å².